The maximum absolute atomic E-state index is 11.3. The lowest BCUT2D eigenvalue weighted by atomic mass is 9.93. The number of hydrogen-bond acceptors (Lipinski definition) is 2. The molecule has 0 spiro atoms. The molecule has 0 aromatic heterocycles. The third-order valence-corrected chi connectivity index (χ3v) is 3.87. The smallest absolute Gasteiger partial charge is 0.240 e. The molecule has 21 heavy (non-hydrogen) atoms. The van der Waals surface area contributed by atoms with Crippen LogP contribution in [0.3, 0.4) is 0 Å². The molecule has 106 valence electrons. The van der Waals surface area contributed by atoms with E-state index in [4.69, 9.17) is 11.6 Å². The summed E-state index contributed by atoms with van der Waals surface area (Å²) in [5, 5.41) is 4.91. The highest BCUT2D eigenvalue weighted by Crippen LogP contribution is 2.23. The summed E-state index contributed by atoms with van der Waals surface area (Å²) in [6.45, 7) is 2.02. The van der Waals surface area contributed by atoms with Gasteiger partial charge in [-0.3, -0.25) is 4.79 Å². The SMILES string of the molecule is CC1CC(=O)NN=C1c1ccc(-c2ccc(Cl)cc2)cc1. The average molecular weight is 299 g/mol. The molecule has 1 aliphatic rings. The van der Waals surface area contributed by atoms with Gasteiger partial charge in [-0.2, -0.15) is 5.10 Å². The van der Waals surface area contributed by atoms with Crippen LogP contribution in [0.1, 0.15) is 18.9 Å². The van der Waals surface area contributed by atoms with Gasteiger partial charge in [-0.1, -0.05) is 54.9 Å². The molecule has 0 fully saturated rings. The molecule has 4 heteroatoms. The molecular formula is C17H15ClN2O. The van der Waals surface area contributed by atoms with Gasteiger partial charge in [-0.25, -0.2) is 5.43 Å². The number of amides is 1. The van der Waals surface area contributed by atoms with E-state index in [1.165, 1.54) is 0 Å². The predicted octanol–water partition coefficient (Wildman–Crippen LogP) is 3.87. The van der Waals surface area contributed by atoms with Crippen molar-refractivity contribution in [1.29, 1.82) is 0 Å². The van der Waals surface area contributed by atoms with Crippen LogP contribution in [0.5, 0.6) is 0 Å². The Bertz CT molecular complexity index is 690. The van der Waals surface area contributed by atoms with Crippen molar-refractivity contribution in [3.8, 4) is 11.1 Å². The van der Waals surface area contributed by atoms with Crippen LogP contribution in [-0.2, 0) is 4.79 Å². The quantitative estimate of drug-likeness (QED) is 0.898. The summed E-state index contributed by atoms with van der Waals surface area (Å²) in [5.41, 5.74) is 6.77. The molecule has 1 heterocycles. The Hall–Kier alpha value is -2.13. The Balaban J connectivity index is 1.87. The van der Waals surface area contributed by atoms with Crippen LogP contribution in [0.4, 0.5) is 0 Å². The first-order chi connectivity index (χ1) is 10.1. The average Bonchev–Trinajstić information content (AvgIpc) is 2.48. The minimum absolute atomic E-state index is 0.0240. The maximum Gasteiger partial charge on any atom is 0.240 e. The number of carbonyl (C=O) groups excluding carboxylic acids is 1. The summed E-state index contributed by atoms with van der Waals surface area (Å²) in [6, 6.07) is 16.0. The fraction of sp³-hybridized carbons (Fsp3) is 0.176. The van der Waals surface area contributed by atoms with Crippen LogP contribution >= 0.6 is 11.6 Å². The fourth-order valence-corrected chi connectivity index (χ4v) is 2.60. The zero-order valence-electron chi connectivity index (χ0n) is 11.6. The number of hydrazone groups is 1. The Morgan fingerprint density at radius 2 is 1.52 bits per heavy atom. The molecule has 0 saturated carbocycles. The normalized spacial score (nSPS) is 18.1. The second-order valence-electron chi connectivity index (χ2n) is 5.22. The highest BCUT2D eigenvalue weighted by atomic mass is 35.5. The van der Waals surface area contributed by atoms with E-state index in [0.717, 1.165) is 27.4 Å². The van der Waals surface area contributed by atoms with Crippen LogP contribution < -0.4 is 5.43 Å². The third-order valence-electron chi connectivity index (χ3n) is 3.62. The Morgan fingerprint density at radius 1 is 1.00 bits per heavy atom. The first-order valence-corrected chi connectivity index (χ1v) is 7.24. The van der Waals surface area contributed by atoms with Crippen molar-refractivity contribution in [2.75, 3.05) is 0 Å². The number of nitrogens with one attached hydrogen (secondary N) is 1. The van der Waals surface area contributed by atoms with Gasteiger partial charge in [0.05, 0.1) is 5.71 Å². The molecule has 2 aromatic carbocycles. The molecule has 0 bridgehead atoms. The number of carbonyl (C=O) groups is 1. The largest absolute Gasteiger partial charge is 0.273 e. The molecule has 2 aromatic rings. The Morgan fingerprint density at radius 3 is 2.10 bits per heavy atom. The van der Waals surface area contributed by atoms with Crippen LogP contribution in [0.25, 0.3) is 11.1 Å². The summed E-state index contributed by atoms with van der Waals surface area (Å²) < 4.78 is 0. The van der Waals surface area contributed by atoms with Crippen LogP contribution in [0, 0.1) is 5.92 Å². The molecule has 0 aliphatic carbocycles. The van der Waals surface area contributed by atoms with Gasteiger partial charge in [0, 0.05) is 17.4 Å². The second kappa shape index (κ2) is 5.70. The van der Waals surface area contributed by atoms with Gasteiger partial charge in [-0.15, -0.1) is 0 Å². The van der Waals surface area contributed by atoms with Crippen molar-refractivity contribution in [2.24, 2.45) is 11.0 Å². The lowest BCUT2D eigenvalue weighted by molar-refractivity contribution is -0.121. The molecule has 1 atom stereocenters. The summed E-state index contributed by atoms with van der Waals surface area (Å²) in [6.07, 6.45) is 0.484. The van der Waals surface area contributed by atoms with E-state index in [2.05, 4.69) is 22.7 Å². The van der Waals surface area contributed by atoms with E-state index >= 15 is 0 Å². The van der Waals surface area contributed by atoms with Crippen molar-refractivity contribution in [3.63, 3.8) is 0 Å². The van der Waals surface area contributed by atoms with Gasteiger partial charge in [-0.05, 0) is 28.8 Å². The van der Waals surface area contributed by atoms with Gasteiger partial charge in [0.25, 0.3) is 0 Å². The minimum atomic E-state index is -0.0240. The highest BCUT2D eigenvalue weighted by Gasteiger charge is 2.21. The predicted molar refractivity (Wildman–Crippen MR) is 85.3 cm³/mol. The van der Waals surface area contributed by atoms with E-state index in [1.54, 1.807) is 0 Å². The van der Waals surface area contributed by atoms with Gasteiger partial charge in [0.15, 0.2) is 0 Å². The van der Waals surface area contributed by atoms with Crippen molar-refractivity contribution >= 4 is 23.2 Å². The lowest BCUT2D eigenvalue weighted by Crippen LogP contribution is -2.31. The first-order valence-electron chi connectivity index (χ1n) is 6.86. The van der Waals surface area contributed by atoms with Crippen LogP contribution in [0.15, 0.2) is 53.6 Å². The van der Waals surface area contributed by atoms with Crippen molar-refractivity contribution in [1.82, 2.24) is 5.43 Å². The van der Waals surface area contributed by atoms with Crippen LogP contribution in [0.2, 0.25) is 5.02 Å². The molecule has 3 rings (SSSR count). The van der Waals surface area contributed by atoms with Crippen molar-refractivity contribution < 1.29 is 4.79 Å². The van der Waals surface area contributed by atoms with Crippen molar-refractivity contribution in [3.05, 3.63) is 59.1 Å². The number of halogens is 1. The molecule has 3 nitrogen and oxygen atoms in total. The van der Waals surface area contributed by atoms with Gasteiger partial charge in [0.1, 0.15) is 0 Å². The van der Waals surface area contributed by atoms with E-state index in [1.807, 2.05) is 43.3 Å². The van der Waals surface area contributed by atoms with E-state index in [0.29, 0.717) is 6.42 Å². The number of rotatable bonds is 2. The van der Waals surface area contributed by atoms with E-state index in [-0.39, 0.29) is 11.8 Å². The molecule has 1 aliphatic heterocycles. The molecular weight excluding hydrogens is 284 g/mol. The highest BCUT2D eigenvalue weighted by molar-refractivity contribution is 6.30. The van der Waals surface area contributed by atoms with Crippen LogP contribution in [-0.4, -0.2) is 11.6 Å². The zero-order chi connectivity index (χ0) is 14.8. The zero-order valence-corrected chi connectivity index (χ0v) is 12.4. The molecule has 1 amide bonds. The number of benzene rings is 2. The summed E-state index contributed by atoms with van der Waals surface area (Å²) >= 11 is 5.90. The maximum atomic E-state index is 11.3. The lowest BCUT2D eigenvalue weighted by Gasteiger charge is -2.19. The van der Waals surface area contributed by atoms with Gasteiger partial charge < -0.3 is 0 Å². The second-order valence-corrected chi connectivity index (χ2v) is 5.66. The summed E-state index contributed by atoms with van der Waals surface area (Å²) in [7, 11) is 0. The molecule has 1 N–H and O–H groups in total. The molecule has 0 saturated heterocycles. The summed E-state index contributed by atoms with van der Waals surface area (Å²) in [4.78, 5) is 11.3. The topological polar surface area (TPSA) is 41.5 Å². The summed E-state index contributed by atoms with van der Waals surface area (Å²) in [5.74, 6) is 0.115. The number of hydrogen-bond donors (Lipinski definition) is 1. The monoisotopic (exact) mass is 298 g/mol. The van der Waals surface area contributed by atoms with E-state index in [9.17, 15) is 4.79 Å². The number of nitrogens with zero attached hydrogens (tertiary/aromatic N) is 1. The standard InChI is InChI=1S/C17H15ClN2O/c1-11-10-16(21)19-20-17(11)14-4-2-12(3-5-14)13-6-8-15(18)9-7-13/h2-9,11H,10H2,1H3,(H,19,21). The first kappa shape index (κ1) is 13.8. The van der Waals surface area contributed by atoms with Gasteiger partial charge >= 0.3 is 0 Å². The fourth-order valence-electron chi connectivity index (χ4n) is 2.48. The third kappa shape index (κ3) is 2.98. The van der Waals surface area contributed by atoms with E-state index < -0.39 is 0 Å². The molecule has 1 unspecified atom stereocenters. The van der Waals surface area contributed by atoms with Crippen molar-refractivity contribution in [2.45, 2.75) is 13.3 Å². The van der Waals surface area contributed by atoms with Gasteiger partial charge in [0.2, 0.25) is 5.91 Å². The Labute approximate surface area is 128 Å². The molecule has 0 radical (unpaired) electrons. The minimum Gasteiger partial charge on any atom is -0.273 e. The Kier molecular flexibility index (Phi) is 3.76.